The normalized spacial score (nSPS) is 18.3. The van der Waals surface area contributed by atoms with E-state index in [9.17, 15) is 0 Å². The number of aromatic amines is 1. The largest absolute Gasteiger partial charge is 0.490 e. The fourth-order valence-electron chi connectivity index (χ4n) is 2.63. The molecule has 6 heteroatoms. The Bertz CT molecular complexity index is 617. The fourth-order valence-corrected chi connectivity index (χ4v) is 2.63. The summed E-state index contributed by atoms with van der Waals surface area (Å²) in [5.41, 5.74) is 6.74. The van der Waals surface area contributed by atoms with Gasteiger partial charge in [-0.05, 0) is 38.9 Å². The SMILES string of the molecule is CC(N)c1nc(-c2ccccc2OC2CCN(C)CC2)n[nH]1. The second-order valence-corrected chi connectivity index (χ2v) is 5.95. The van der Waals surface area contributed by atoms with Crippen molar-refractivity contribution in [3.8, 4) is 17.1 Å². The summed E-state index contributed by atoms with van der Waals surface area (Å²) in [5.74, 6) is 2.16. The van der Waals surface area contributed by atoms with Crippen LogP contribution in [0.5, 0.6) is 5.75 Å². The molecule has 1 atom stereocenters. The van der Waals surface area contributed by atoms with E-state index in [-0.39, 0.29) is 12.1 Å². The predicted molar refractivity (Wildman–Crippen MR) is 85.6 cm³/mol. The van der Waals surface area contributed by atoms with E-state index >= 15 is 0 Å². The molecule has 2 aromatic rings. The third-order valence-electron chi connectivity index (χ3n) is 4.02. The van der Waals surface area contributed by atoms with E-state index in [1.54, 1.807) is 0 Å². The van der Waals surface area contributed by atoms with Gasteiger partial charge in [-0.2, -0.15) is 5.10 Å². The number of hydrogen-bond donors (Lipinski definition) is 2. The maximum absolute atomic E-state index is 6.21. The number of hydrogen-bond acceptors (Lipinski definition) is 5. The van der Waals surface area contributed by atoms with E-state index < -0.39 is 0 Å². The van der Waals surface area contributed by atoms with Gasteiger partial charge in [0, 0.05) is 13.1 Å². The molecule has 2 heterocycles. The zero-order valence-electron chi connectivity index (χ0n) is 13.1. The van der Waals surface area contributed by atoms with Gasteiger partial charge in [-0.3, -0.25) is 5.10 Å². The molecule has 1 unspecified atom stereocenters. The van der Waals surface area contributed by atoms with Crippen LogP contribution >= 0.6 is 0 Å². The van der Waals surface area contributed by atoms with Gasteiger partial charge in [-0.25, -0.2) is 4.98 Å². The van der Waals surface area contributed by atoms with Gasteiger partial charge >= 0.3 is 0 Å². The smallest absolute Gasteiger partial charge is 0.184 e. The fraction of sp³-hybridized carbons (Fsp3) is 0.500. The van der Waals surface area contributed by atoms with Crippen molar-refractivity contribution in [2.24, 2.45) is 5.73 Å². The van der Waals surface area contributed by atoms with Crippen LogP contribution in [0.25, 0.3) is 11.4 Å². The standard InChI is InChI=1S/C16H23N5O/c1-11(17)15-18-16(20-19-15)13-5-3-4-6-14(13)22-12-7-9-21(2)10-8-12/h3-6,11-12H,7-10,17H2,1-2H3,(H,18,19,20). The molecule has 3 rings (SSSR count). The highest BCUT2D eigenvalue weighted by atomic mass is 16.5. The average molecular weight is 301 g/mol. The van der Waals surface area contributed by atoms with E-state index in [1.165, 1.54) is 0 Å². The Morgan fingerprint density at radius 2 is 2.05 bits per heavy atom. The molecule has 1 aliphatic heterocycles. The monoisotopic (exact) mass is 301 g/mol. The van der Waals surface area contributed by atoms with Gasteiger partial charge in [0.05, 0.1) is 11.6 Å². The minimum absolute atomic E-state index is 0.164. The van der Waals surface area contributed by atoms with Crippen LogP contribution in [0.15, 0.2) is 24.3 Å². The number of H-pyrrole nitrogens is 1. The highest BCUT2D eigenvalue weighted by molar-refractivity contribution is 5.63. The molecule has 1 fully saturated rings. The molecule has 0 spiro atoms. The van der Waals surface area contributed by atoms with Crippen molar-refractivity contribution < 1.29 is 4.74 Å². The number of para-hydroxylation sites is 1. The number of piperidine rings is 1. The number of nitrogens with one attached hydrogen (secondary N) is 1. The van der Waals surface area contributed by atoms with Crippen LogP contribution in [0.2, 0.25) is 0 Å². The first-order valence-electron chi connectivity index (χ1n) is 7.76. The molecule has 3 N–H and O–H groups in total. The lowest BCUT2D eigenvalue weighted by atomic mass is 10.1. The van der Waals surface area contributed by atoms with Gasteiger partial charge in [0.1, 0.15) is 17.7 Å². The number of nitrogens with zero attached hydrogens (tertiary/aromatic N) is 3. The van der Waals surface area contributed by atoms with Gasteiger partial charge in [0.15, 0.2) is 5.82 Å². The molecule has 0 saturated carbocycles. The van der Waals surface area contributed by atoms with Crippen LogP contribution < -0.4 is 10.5 Å². The Kier molecular flexibility index (Phi) is 4.40. The Morgan fingerprint density at radius 3 is 2.73 bits per heavy atom. The number of ether oxygens (including phenoxy) is 1. The Hall–Kier alpha value is -1.92. The number of likely N-dealkylation sites (tertiary alicyclic amines) is 1. The predicted octanol–water partition coefficient (Wildman–Crippen LogP) is 1.96. The molecule has 0 bridgehead atoms. The van der Waals surface area contributed by atoms with Crippen molar-refractivity contribution >= 4 is 0 Å². The van der Waals surface area contributed by atoms with Crippen molar-refractivity contribution in [2.45, 2.75) is 31.9 Å². The van der Waals surface area contributed by atoms with Crippen LogP contribution in [0, 0.1) is 0 Å². The number of nitrogens with two attached hydrogens (primary N) is 1. The first-order valence-corrected chi connectivity index (χ1v) is 7.76. The van der Waals surface area contributed by atoms with Crippen LogP contribution in [-0.2, 0) is 0 Å². The molecule has 1 aromatic carbocycles. The van der Waals surface area contributed by atoms with Crippen molar-refractivity contribution in [3.63, 3.8) is 0 Å². The minimum Gasteiger partial charge on any atom is -0.490 e. The highest BCUT2D eigenvalue weighted by Gasteiger charge is 2.20. The lowest BCUT2D eigenvalue weighted by molar-refractivity contribution is 0.115. The molecule has 22 heavy (non-hydrogen) atoms. The van der Waals surface area contributed by atoms with E-state index in [1.807, 2.05) is 31.2 Å². The second kappa shape index (κ2) is 6.46. The molecule has 1 aromatic heterocycles. The average Bonchev–Trinajstić information content (AvgIpc) is 3.00. The molecule has 1 saturated heterocycles. The maximum atomic E-state index is 6.21. The number of aromatic nitrogens is 3. The van der Waals surface area contributed by atoms with Gasteiger partial charge in [-0.15, -0.1) is 0 Å². The van der Waals surface area contributed by atoms with Gasteiger partial charge in [0.2, 0.25) is 0 Å². The van der Waals surface area contributed by atoms with Crippen molar-refractivity contribution in [1.82, 2.24) is 20.1 Å². The molecule has 0 radical (unpaired) electrons. The third kappa shape index (κ3) is 3.28. The lowest BCUT2D eigenvalue weighted by Crippen LogP contribution is -2.35. The van der Waals surface area contributed by atoms with E-state index in [4.69, 9.17) is 10.5 Å². The van der Waals surface area contributed by atoms with Gasteiger partial charge < -0.3 is 15.4 Å². The number of rotatable bonds is 4. The summed E-state index contributed by atoms with van der Waals surface area (Å²) in [4.78, 5) is 6.80. The summed E-state index contributed by atoms with van der Waals surface area (Å²) >= 11 is 0. The van der Waals surface area contributed by atoms with Gasteiger partial charge in [-0.1, -0.05) is 12.1 Å². The molecule has 118 valence electrons. The van der Waals surface area contributed by atoms with Crippen LogP contribution in [0.3, 0.4) is 0 Å². The van der Waals surface area contributed by atoms with Crippen molar-refractivity contribution in [1.29, 1.82) is 0 Å². The number of benzene rings is 1. The second-order valence-electron chi connectivity index (χ2n) is 5.95. The molecular formula is C16H23N5O. The molecule has 6 nitrogen and oxygen atoms in total. The summed E-state index contributed by atoms with van der Waals surface area (Å²) in [7, 11) is 2.15. The van der Waals surface area contributed by atoms with E-state index in [0.717, 1.165) is 37.2 Å². The minimum atomic E-state index is -0.164. The maximum Gasteiger partial charge on any atom is 0.184 e. The molecular weight excluding hydrogens is 278 g/mol. The summed E-state index contributed by atoms with van der Waals surface area (Å²) < 4.78 is 6.21. The Labute approximate surface area is 130 Å². The van der Waals surface area contributed by atoms with Gasteiger partial charge in [0.25, 0.3) is 0 Å². The lowest BCUT2D eigenvalue weighted by Gasteiger charge is -2.29. The highest BCUT2D eigenvalue weighted by Crippen LogP contribution is 2.29. The van der Waals surface area contributed by atoms with Crippen LogP contribution in [0.1, 0.15) is 31.6 Å². The van der Waals surface area contributed by atoms with Crippen LogP contribution in [-0.4, -0.2) is 46.3 Å². The molecule has 0 aliphatic carbocycles. The zero-order valence-corrected chi connectivity index (χ0v) is 13.1. The summed E-state index contributed by atoms with van der Waals surface area (Å²) in [6, 6.07) is 7.75. The quantitative estimate of drug-likeness (QED) is 0.902. The Morgan fingerprint density at radius 1 is 1.32 bits per heavy atom. The first-order chi connectivity index (χ1) is 10.6. The molecule has 0 amide bonds. The van der Waals surface area contributed by atoms with E-state index in [0.29, 0.717) is 11.6 Å². The van der Waals surface area contributed by atoms with Crippen molar-refractivity contribution in [2.75, 3.05) is 20.1 Å². The zero-order chi connectivity index (χ0) is 15.5. The third-order valence-corrected chi connectivity index (χ3v) is 4.02. The summed E-state index contributed by atoms with van der Waals surface area (Å²) in [6.45, 7) is 4.02. The van der Waals surface area contributed by atoms with E-state index in [2.05, 4.69) is 27.1 Å². The summed E-state index contributed by atoms with van der Waals surface area (Å²) in [5, 5.41) is 7.16. The summed E-state index contributed by atoms with van der Waals surface area (Å²) in [6.07, 6.45) is 2.34. The van der Waals surface area contributed by atoms with Crippen LogP contribution in [0.4, 0.5) is 0 Å². The molecule has 1 aliphatic rings. The first kappa shape index (κ1) is 15.0. The topological polar surface area (TPSA) is 80.1 Å². The Balaban J connectivity index is 1.80. The van der Waals surface area contributed by atoms with Crippen molar-refractivity contribution in [3.05, 3.63) is 30.1 Å².